The average Bonchev–Trinajstić information content (AvgIpc) is 3.38. The van der Waals surface area contributed by atoms with Crippen LogP contribution in [0.4, 0.5) is 4.39 Å². The third kappa shape index (κ3) is 3.52. The minimum Gasteiger partial charge on any atom is -0.390 e. The predicted molar refractivity (Wildman–Crippen MR) is 144 cm³/mol. The summed E-state index contributed by atoms with van der Waals surface area (Å²) in [6, 6.07) is 8.43. The van der Waals surface area contributed by atoms with Gasteiger partial charge in [0.25, 0.3) is 0 Å². The molecule has 6 nitrogen and oxygen atoms in total. The molecule has 6 rings (SSSR count). The predicted octanol–water partition coefficient (Wildman–Crippen LogP) is 4.28. The number of halogens is 1. The fourth-order valence-corrected chi connectivity index (χ4v) is 9.34. The number of aliphatic hydroxyl groups excluding tert-OH is 2. The first-order valence-corrected chi connectivity index (χ1v) is 14.5. The summed E-state index contributed by atoms with van der Waals surface area (Å²) in [7, 11) is 0. The lowest BCUT2D eigenvalue weighted by molar-refractivity contribution is -0.268. The molecule has 1 saturated heterocycles. The van der Waals surface area contributed by atoms with Gasteiger partial charge in [-0.25, -0.2) is 4.39 Å². The van der Waals surface area contributed by atoms with E-state index in [9.17, 15) is 19.8 Å². The lowest BCUT2D eigenvalue weighted by atomic mass is 9.44. The summed E-state index contributed by atoms with van der Waals surface area (Å²) in [5.41, 5.74) is -2.09. The topological polar surface area (TPSA) is 87.1 Å². The summed E-state index contributed by atoms with van der Waals surface area (Å²) < 4.78 is 17.5. The van der Waals surface area contributed by atoms with Crippen LogP contribution in [-0.2, 0) is 27.4 Å². The second-order valence-corrected chi connectivity index (χ2v) is 13.0. The van der Waals surface area contributed by atoms with Crippen LogP contribution >= 0.6 is 0 Å². The van der Waals surface area contributed by atoms with Crippen LogP contribution in [0.3, 0.4) is 0 Å². The van der Waals surface area contributed by atoms with E-state index in [4.69, 9.17) is 4.84 Å². The molecule has 4 fully saturated rings. The summed E-state index contributed by atoms with van der Waals surface area (Å²) in [5.74, 6) is -1.44. The first kappa shape index (κ1) is 27.0. The Labute approximate surface area is 229 Å². The molecule has 3 saturated carbocycles. The Bertz CT molecular complexity index is 1240. The number of fused-ring (bicyclic) bond motifs is 7. The van der Waals surface area contributed by atoms with Crippen LogP contribution in [0.15, 0.2) is 48.1 Å². The normalized spacial score (nSPS) is 42.9. The van der Waals surface area contributed by atoms with Gasteiger partial charge in [-0.15, -0.1) is 0 Å². The van der Waals surface area contributed by atoms with Crippen molar-refractivity contribution in [3.8, 4) is 0 Å². The van der Waals surface area contributed by atoms with Gasteiger partial charge in [0, 0.05) is 35.8 Å². The third-order valence-corrected chi connectivity index (χ3v) is 11.2. The highest BCUT2D eigenvalue weighted by atomic mass is 19.1. The van der Waals surface area contributed by atoms with E-state index in [0.29, 0.717) is 32.4 Å². The number of carbonyl (C=O) groups excluding carboxylic acids is 2. The molecule has 1 aromatic carbocycles. The van der Waals surface area contributed by atoms with Crippen LogP contribution in [0.25, 0.3) is 0 Å². The minimum absolute atomic E-state index is 0.0527. The number of aliphatic hydroxyl groups is 2. The number of hydrogen-bond donors (Lipinski definition) is 2. The van der Waals surface area contributed by atoms with E-state index in [1.54, 1.807) is 13.0 Å². The van der Waals surface area contributed by atoms with Crippen molar-refractivity contribution in [1.29, 1.82) is 0 Å². The monoisotopic (exact) mass is 537 g/mol. The van der Waals surface area contributed by atoms with E-state index in [1.807, 2.05) is 12.0 Å². The maximum absolute atomic E-state index is 17.5. The van der Waals surface area contributed by atoms with Crippen LogP contribution in [0, 0.1) is 28.6 Å². The number of Topliss-reactive ketones (excluding diaryl/α,β-unsaturated/α-hetero) is 1. The molecule has 2 N–H and O–H groups in total. The van der Waals surface area contributed by atoms with Gasteiger partial charge in [0.2, 0.25) is 0 Å². The molecule has 1 aliphatic heterocycles. The number of ketones is 2. The zero-order valence-electron chi connectivity index (χ0n) is 23.2. The van der Waals surface area contributed by atoms with Crippen molar-refractivity contribution in [2.45, 2.75) is 83.2 Å². The number of hydroxylamine groups is 2. The SMILES string of the molecule is CCCc1ccc(CN2C[C@@H]3C[C@H]4[C@@H]5CCC6=CC(=O)C=C[C@]6(C)[C@@]5(F)[C@@H](O)C[C@]4(C)[C@]3(C(=O)CO)O2)cc1. The molecule has 4 aliphatic carbocycles. The summed E-state index contributed by atoms with van der Waals surface area (Å²) in [5, 5.41) is 23.6. The molecular weight excluding hydrogens is 497 g/mol. The van der Waals surface area contributed by atoms with E-state index in [0.717, 1.165) is 24.0 Å². The van der Waals surface area contributed by atoms with Crippen LogP contribution in [-0.4, -0.2) is 57.4 Å². The van der Waals surface area contributed by atoms with E-state index in [1.165, 1.54) is 17.7 Å². The van der Waals surface area contributed by atoms with E-state index < -0.39 is 40.7 Å². The average molecular weight is 538 g/mol. The molecule has 1 heterocycles. The van der Waals surface area contributed by atoms with Gasteiger partial charge in [-0.1, -0.05) is 56.2 Å². The number of nitrogens with zero attached hydrogens (tertiary/aromatic N) is 1. The van der Waals surface area contributed by atoms with Crippen LogP contribution in [0.2, 0.25) is 0 Å². The number of alkyl halides is 1. The van der Waals surface area contributed by atoms with Crippen molar-refractivity contribution in [1.82, 2.24) is 5.06 Å². The number of allylic oxidation sites excluding steroid dienone is 4. The van der Waals surface area contributed by atoms with Gasteiger partial charge in [0.1, 0.15) is 6.61 Å². The second kappa shape index (κ2) is 9.16. The van der Waals surface area contributed by atoms with Gasteiger partial charge < -0.3 is 10.2 Å². The van der Waals surface area contributed by atoms with Crippen LogP contribution in [0.1, 0.15) is 64.0 Å². The lowest BCUT2D eigenvalue weighted by Gasteiger charge is -2.62. The summed E-state index contributed by atoms with van der Waals surface area (Å²) in [4.78, 5) is 32.3. The smallest absolute Gasteiger partial charge is 0.192 e. The van der Waals surface area contributed by atoms with Crippen LogP contribution in [0.5, 0.6) is 0 Å². The highest BCUT2D eigenvalue weighted by Gasteiger charge is 2.78. The van der Waals surface area contributed by atoms with Gasteiger partial charge in [-0.2, -0.15) is 5.06 Å². The molecular formula is C32H40FNO5. The highest BCUT2D eigenvalue weighted by Crippen LogP contribution is 2.72. The molecule has 0 unspecified atom stereocenters. The fourth-order valence-electron chi connectivity index (χ4n) is 9.34. The van der Waals surface area contributed by atoms with E-state index in [2.05, 4.69) is 31.2 Å². The van der Waals surface area contributed by atoms with Crippen LogP contribution < -0.4 is 0 Å². The molecule has 39 heavy (non-hydrogen) atoms. The molecule has 7 heteroatoms. The Kier molecular flexibility index (Phi) is 6.35. The molecule has 0 spiro atoms. The van der Waals surface area contributed by atoms with Gasteiger partial charge >= 0.3 is 0 Å². The van der Waals surface area contributed by atoms with Crippen molar-refractivity contribution < 1.29 is 29.0 Å². The fraction of sp³-hybridized carbons (Fsp3) is 0.625. The Hall–Kier alpha value is -2.19. The minimum atomic E-state index is -1.96. The number of aryl methyl sites for hydroxylation is 1. The summed E-state index contributed by atoms with van der Waals surface area (Å²) in [6.45, 7) is 6.28. The van der Waals surface area contributed by atoms with E-state index >= 15 is 4.39 Å². The Morgan fingerprint density at radius 1 is 1.18 bits per heavy atom. The maximum Gasteiger partial charge on any atom is 0.192 e. The quantitative estimate of drug-likeness (QED) is 0.563. The highest BCUT2D eigenvalue weighted by molar-refractivity contribution is 6.01. The van der Waals surface area contributed by atoms with Crippen molar-refractivity contribution >= 4 is 11.6 Å². The second-order valence-electron chi connectivity index (χ2n) is 13.0. The number of hydrogen-bond acceptors (Lipinski definition) is 6. The first-order valence-electron chi connectivity index (χ1n) is 14.5. The van der Waals surface area contributed by atoms with Gasteiger partial charge in [0.15, 0.2) is 22.8 Å². The number of carbonyl (C=O) groups is 2. The Balaban J connectivity index is 1.33. The van der Waals surface area contributed by atoms with Crippen molar-refractivity contribution in [3.05, 3.63) is 59.2 Å². The lowest BCUT2D eigenvalue weighted by Crippen LogP contribution is -2.69. The van der Waals surface area contributed by atoms with Gasteiger partial charge in [-0.3, -0.25) is 14.4 Å². The van der Waals surface area contributed by atoms with Gasteiger partial charge in [0.05, 0.1) is 6.10 Å². The van der Waals surface area contributed by atoms with Gasteiger partial charge in [-0.05, 0) is 68.2 Å². The molecule has 5 aliphatic rings. The van der Waals surface area contributed by atoms with Crippen molar-refractivity contribution in [2.24, 2.45) is 28.6 Å². The Morgan fingerprint density at radius 3 is 2.59 bits per heavy atom. The molecule has 0 amide bonds. The zero-order chi connectivity index (χ0) is 27.8. The number of benzene rings is 1. The molecule has 8 atom stereocenters. The summed E-state index contributed by atoms with van der Waals surface area (Å²) >= 11 is 0. The largest absolute Gasteiger partial charge is 0.390 e. The van der Waals surface area contributed by atoms with E-state index in [-0.39, 0.29) is 29.8 Å². The molecule has 0 radical (unpaired) electrons. The summed E-state index contributed by atoms with van der Waals surface area (Å²) in [6.07, 6.45) is 7.09. The van der Waals surface area contributed by atoms with Crippen molar-refractivity contribution in [2.75, 3.05) is 13.2 Å². The number of rotatable bonds is 6. The van der Waals surface area contributed by atoms with Crippen molar-refractivity contribution in [3.63, 3.8) is 0 Å². The molecule has 0 aromatic heterocycles. The standard InChI is InChI=1S/C32H40FNO5/c1-4-5-20-6-8-21(9-7-20)17-34-18-23-15-26-25-11-10-22-14-24(36)12-13-29(22,2)31(25,33)27(37)16-30(26,3)32(23,39-34)28(38)19-35/h6-9,12-14,23,25-27,35,37H,4-5,10-11,15-19H2,1-3H3/t23-,25-,26-,27-,29-,30-,31-,32-/m0/s1. The molecule has 0 bridgehead atoms. The molecule has 1 aromatic rings. The zero-order valence-corrected chi connectivity index (χ0v) is 23.2. The first-order chi connectivity index (χ1) is 18.5. The maximum atomic E-state index is 17.5. The third-order valence-electron chi connectivity index (χ3n) is 11.2. The molecule has 210 valence electrons. The Morgan fingerprint density at radius 2 is 1.90 bits per heavy atom.